The highest BCUT2D eigenvalue weighted by Gasteiger charge is 2.36. The zero-order valence-electron chi connectivity index (χ0n) is 16.9. The van der Waals surface area contributed by atoms with Crippen molar-refractivity contribution < 1.29 is 14.3 Å². The molecule has 0 spiro atoms. The van der Waals surface area contributed by atoms with Crippen LogP contribution in [0.3, 0.4) is 0 Å². The molecule has 1 saturated carbocycles. The number of amides is 3. The van der Waals surface area contributed by atoms with Crippen LogP contribution in [-0.4, -0.2) is 71.1 Å². The first-order chi connectivity index (χ1) is 14.2. The maximum absolute atomic E-state index is 13.1. The van der Waals surface area contributed by atoms with Gasteiger partial charge in [-0.15, -0.1) is 0 Å². The van der Waals surface area contributed by atoms with Crippen molar-refractivity contribution in [2.75, 3.05) is 33.4 Å². The van der Waals surface area contributed by atoms with E-state index in [-0.39, 0.29) is 30.6 Å². The van der Waals surface area contributed by atoms with Crippen LogP contribution in [0, 0.1) is 0 Å². The van der Waals surface area contributed by atoms with Crippen LogP contribution in [0.25, 0.3) is 11.0 Å². The van der Waals surface area contributed by atoms with E-state index in [4.69, 9.17) is 9.72 Å². The van der Waals surface area contributed by atoms with Gasteiger partial charge in [0.05, 0.1) is 11.0 Å². The highest BCUT2D eigenvalue weighted by Crippen LogP contribution is 2.26. The van der Waals surface area contributed by atoms with Gasteiger partial charge in [0.2, 0.25) is 5.91 Å². The summed E-state index contributed by atoms with van der Waals surface area (Å²) in [6.45, 7) is 1.41. The molecule has 2 N–H and O–H groups in total. The van der Waals surface area contributed by atoms with Gasteiger partial charge in [-0.1, -0.05) is 31.4 Å². The summed E-state index contributed by atoms with van der Waals surface area (Å²) in [5.41, 5.74) is 1.78. The Balaban J connectivity index is 1.56. The molecule has 2 heterocycles. The van der Waals surface area contributed by atoms with Crippen molar-refractivity contribution in [3.63, 3.8) is 0 Å². The molecule has 8 heteroatoms. The summed E-state index contributed by atoms with van der Waals surface area (Å²) < 4.78 is 5.01. The van der Waals surface area contributed by atoms with Crippen LogP contribution < -0.4 is 5.32 Å². The molecule has 156 valence electrons. The quantitative estimate of drug-likeness (QED) is 0.826. The Morgan fingerprint density at radius 2 is 2.00 bits per heavy atom. The number of ether oxygens (including phenoxy) is 1. The second-order valence-electron chi connectivity index (χ2n) is 7.91. The molecule has 4 rings (SSSR count). The van der Waals surface area contributed by atoms with E-state index in [0.29, 0.717) is 25.5 Å². The molecule has 1 aromatic carbocycles. The van der Waals surface area contributed by atoms with Gasteiger partial charge in [-0.05, 0) is 25.0 Å². The summed E-state index contributed by atoms with van der Waals surface area (Å²) in [6.07, 6.45) is 5.64. The van der Waals surface area contributed by atoms with E-state index in [0.717, 1.165) is 36.7 Å². The summed E-state index contributed by atoms with van der Waals surface area (Å²) >= 11 is 0. The molecule has 1 unspecified atom stereocenters. The molecule has 8 nitrogen and oxygen atoms in total. The lowest BCUT2D eigenvalue weighted by molar-refractivity contribution is -0.137. The first-order valence-electron chi connectivity index (χ1n) is 10.4. The van der Waals surface area contributed by atoms with Crippen LogP contribution in [-0.2, 0) is 9.53 Å². The Kier molecular flexibility index (Phi) is 5.99. The van der Waals surface area contributed by atoms with Gasteiger partial charge in [0.25, 0.3) is 0 Å². The van der Waals surface area contributed by atoms with Gasteiger partial charge in [-0.25, -0.2) is 9.78 Å². The lowest BCUT2D eigenvalue weighted by atomic mass is 9.95. The summed E-state index contributed by atoms with van der Waals surface area (Å²) in [5.74, 6) is 0.640. The first-order valence-corrected chi connectivity index (χ1v) is 10.4. The van der Waals surface area contributed by atoms with Crippen LogP contribution in [0.2, 0.25) is 0 Å². The van der Waals surface area contributed by atoms with E-state index in [1.165, 1.54) is 13.5 Å². The number of rotatable bonds is 4. The molecule has 1 aromatic heterocycles. The molecule has 1 aliphatic carbocycles. The number of methoxy groups -OCH3 is 1. The fraction of sp³-hybridized carbons (Fsp3) is 0.571. The van der Waals surface area contributed by atoms with E-state index in [2.05, 4.69) is 10.3 Å². The number of benzene rings is 1. The minimum Gasteiger partial charge on any atom is -0.375 e. The average Bonchev–Trinajstić information content (AvgIpc) is 3.18. The van der Waals surface area contributed by atoms with E-state index in [9.17, 15) is 9.59 Å². The first kappa shape index (κ1) is 19.7. The lowest BCUT2D eigenvalue weighted by Crippen LogP contribution is -2.56. The maximum Gasteiger partial charge on any atom is 0.318 e. The maximum atomic E-state index is 13.1. The number of para-hydroxylation sites is 2. The number of imidazole rings is 1. The molecule has 29 heavy (non-hydrogen) atoms. The van der Waals surface area contributed by atoms with Gasteiger partial charge in [0.15, 0.2) is 0 Å². The Hall–Kier alpha value is -2.61. The molecule has 2 aromatic rings. The Morgan fingerprint density at radius 1 is 1.21 bits per heavy atom. The van der Waals surface area contributed by atoms with Gasteiger partial charge in [0, 0.05) is 32.8 Å². The third kappa shape index (κ3) is 4.37. The summed E-state index contributed by atoms with van der Waals surface area (Å²) in [6, 6.07) is 7.65. The highest BCUT2D eigenvalue weighted by molar-refractivity contribution is 5.79. The zero-order valence-corrected chi connectivity index (χ0v) is 16.9. The number of carbonyl (C=O) groups is 2. The molecule has 2 aliphatic rings. The number of fused-ring (bicyclic) bond motifs is 1. The van der Waals surface area contributed by atoms with Gasteiger partial charge >= 0.3 is 6.03 Å². The summed E-state index contributed by atoms with van der Waals surface area (Å²) in [7, 11) is 1.52. The standard InChI is InChI=1S/C21H29N5O3/c1-29-14-19(27)25-11-12-26(21(28)22-15-7-3-2-4-8-15)18(13-25)20-23-16-9-5-6-10-17(16)24-20/h5-6,9-10,15,18H,2-4,7-8,11-14H2,1H3,(H,22,28)(H,23,24). The van der Waals surface area contributed by atoms with Crippen LogP contribution in [0.1, 0.15) is 44.0 Å². The number of hydrogen-bond donors (Lipinski definition) is 2. The van der Waals surface area contributed by atoms with Crippen molar-refractivity contribution in [3.8, 4) is 0 Å². The third-order valence-electron chi connectivity index (χ3n) is 5.92. The molecule has 0 radical (unpaired) electrons. The molecule has 0 bridgehead atoms. The molecule has 1 aliphatic heterocycles. The second-order valence-corrected chi connectivity index (χ2v) is 7.91. The lowest BCUT2D eigenvalue weighted by Gasteiger charge is -2.41. The number of aromatic nitrogens is 2. The van der Waals surface area contributed by atoms with Crippen LogP contribution in [0.4, 0.5) is 4.79 Å². The van der Waals surface area contributed by atoms with Gasteiger partial charge < -0.3 is 24.8 Å². The SMILES string of the molecule is COCC(=O)N1CCN(C(=O)NC2CCCCC2)C(c2nc3ccccc3[nH]2)C1. The van der Waals surface area contributed by atoms with Crippen LogP contribution in [0.5, 0.6) is 0 Å². The van der Waals surface area contributed by atoms with Crippen LogP contribution in [0.15, 0.2) is 24.3 Å². The Labute approximate surface area is 170 Å². The molecule has 2 fully saturated rings. The normalized spacial score (nSPS) is 20.8. The number of H-pyrrole nitrogens is 1. The van der Waals surface area contributed by atoms with Gasteiger partial charge in [-0.2, -0.15) is 0 Å². The monoisotopic (exact) mass is 399 g/mol. The number of piperazine rings is 1. The molecular weight excluding hydrogens is 370 g/mol. The number of hydrogen-bond acceptors (Lipinski definition) is 4. The Morgan fingerprint density at radius 3 is 2.76 bits per heavy atom. The summed E-state index contributed by atoms with van der Waals surface area (Å²) in [5, 5.41) is 3.21. The molecule has 1 atom stereocenters. The number of aromatic amines is 1. The Bertz CT molecular complexity index is 828. The van der Waals surface area contributed by atoms with Gasteiger partial charge in [-0.3, -0.25) is 4.79 Å². The zero-order chi connectivity index (χ0) is 20.2. The minimum absolute atomic E-state index is 0.0428. The average molecular weight is 399 g/mol. The van der Waals surface area contributed by atoms with Crippen molar-refractivity contribution >= 4 is 23.0 Å². The van der Waals surface area contributed by atoms with Crippen LogP contribution >= 0.6 is 0 Å². The molecule has 3 amide bonds. The van der Waals surface area contributed by atoms with Crippen molar-refractivity contribution in [1.82, 2.24) is 25.1 Å². The van der Waals surface area contributed by atoms with E-state index in [1.54, 1.807) is 4.90 Å². The topological polar surface area (TPSA) is 90.6 Å². The summed E-state index contributed by atoms with van der Waals surface area (Å²) in [4.78, 5) is 37.1. The minimum atomic E-state index is -0.319. The fourth-order valence-corrected chi connectivity index (χ4v) is 4.34. The number of nitrogens with zero attached hydrogens (tertiary/aromatic N) is 3. The fourth-order valence-electron chi connectivity index (χ4n) is 4.34. The van der Waals surface area contributed by atoms with E-state index in [1.807, 2.05) is 29.2 Å². The largest absolute Gasteiger partial charge is 0.375 e. The predicted molar refractivity (Wildman–Crippen MR) is 109 cm³/mol. The van der Waals surface area contributed by atoms with Gasteiger partial charge in [0.1, 0.15) is 18.5 Å². The van der Waals surface area contributed by atoms with E-state index < -0.39 is 0 Å². The van der Waals surface area contributed by atoms with Crippen molar-refractivity contribution in [2.24, 2.45) is 0 Å². The number of nitrogens with one attached hydrogen (secondary N) is 2. The second kappa shape index (κ2) is 8.82. The van der Waals surface area contributed by atoms with Crippen molar-refractivity contribution in [3.05, 3.63) is 30.1 Å². The molecular formula is C21H29N5O3. The van der Waals surface area contributed by atoms with Crippen molar-refractivity contribution in [2.45, 2.75) is 44.2 Å². The number of urea groups is 1. The highest BCUT2D eigenvalue weighted by atomic mass is 16.5. The predicted octanol–water partition coefficient (Wildman–Crippen LogP) is 2.44. The molecule has 1 saturated heterocycles. The smallest absolute Gasteiger partial charge is 0.318 e. The van der Waals surface area contributed by atoms with E-state index >= 15 is 0 Å². The number of carbonyl (C=O) groups excluding carboxylic acids is 2. The van der Waals surface area contributed by atoms with Crippen molar-refractivity contribution in [1.29, 1.82) is 0 Å². The third-order valence-corrected chi connectivity index (χ3v) is 5.92.